The van der Waals surface area contributed by atoms with Crippen LogP contribution in [0.2, 0.25) is 0 Å². The quantitative estimate of drug-likeness (QED) is 0.686. The van der Waals surface area contributed by atoms with E-state index in [-0.39, 0.29) is 0 Å². The van der Waals surface area contributed by atoms with Crippen LogP contribution in [0.25, 0.3) is 0 Å². The maximum absolute atomic E-state index is 5.02. The molecule has 0 saturated carbocycles. The van der Waals surface area contributed by atoms with E-state index in [1.807, 2.05) is 0 Å². The number of methoxy groups -OCH3 is 1. The highest BCUT2D eigenvalue weighted by molar-refractivity contribution is 7.07. The molecule has 0 aliphatic heterocycles. The molecule has 1 rings (SSSR count). The van der Waals surface area contributed by atoms with Crippen LogP contribution in [-0.4, -0.2) is 44.8 Å². The molecule has 98 valence electrons. The van der Waals surface area contributed by atoms with Crippen molar-refractivity contribution in [3.05, 3.63) is 22.4 Å². The average molecular weight is 256 g/mol. The summed E-state index contributed by atoms with van der Waals surface area (Å²) in [6.45, 7) is 6.20. The third-order valence-electron chi connectivity index (χ3n) is 2.91. The Bertz CT molecular complexity index is 277. The minimum Gasteiger partial charge on any atom is -0.385 e. The molecular weight excluding hydrogens is 232 g/mol. The molecule has 0 aromatic carbocycles. The summed E-state index contributed by atoms with van der Waals surface area (Å²) in [4.78, 5) is 2.38. The molecule has 1 aromatic rings. The molecule has 1 aromatic heterocycles. The van der Waals surface area contributed by atoms with Crippen LogP contribution in [0.1, 0.15) is 18.9 Å². The van der Waals surface area contributed by atoms with Gasteiger partial charge >= 0.3 is 0 Å². The fourth-order valence-corrected chi connectivity index (χ4v) is 2.29. The van der Waals surface area contributed by atoms with E-state index in [4.69, 9.17) is 4.74 Å². The van der Waals surface area contributed by atoms with Gasteiger partial charge in [-0.25, -0.2) is 0 Å². The second-order valence-electron chi connectivity index (χ2n) is 4.45. The average Bonchev–Trinajstić information content (AvgIpc) is 2.81. The molecule has 17 heavy (non-hydrogen) atoms. The second kappa shape index (κ2) is 8.64. The lowest BCUT2D eigenvalue weighted by Crippen LogP contribution is -2.37. The Kier molecular flexibility index (Phi) is 7.44. The van der Waals surface area contributed by atoms with E-state index < -0.39 is 0 Å². The summed E-state index contributed by atoms with van der Waals surface area (Å²) in [5.74, 6) is 0. The van der Waals surface area contributed by atoms with Gasteiger partial charge < -0.3 is 10.1 Å². The maximum atomic E-state index is 5.02. The molecule has 0 aliphatic rings. The molecule has 0 bridgehead atoms. The highest BCUT2D eigenvalue weighted by Gasteiger charge is 2.08. The normalized spacial score (nSPS) is 13.2. The van der Waals surface area contributed by atoms with Gasteiger partial charge in [0.05, 0.1) is 0 Å². The van der Waals surface area contributed by atoms with Crippen LogP contribution >= 0.6 is 11.3 Å². The zero-order valence-corrected chi connectivity index (χ0v) is 11.9. The zero-order valence-electron chi connectivity index (χ0n) is 11.1. The molecule has 1 N–H and O–H groups in total. The van der Waals surface area contributed by atoms with Crippen LogP contribution in [0.4, 0.5) is 0 Å². The van der Waals surface area contributed by atoms with Gasteiger partial charge in [0.25, 0.3) is 0 Å². The van der Waals surface area contributed by atoms with Crippen molar-refractivity contribution in [1.29, 1.82) is 0 Å². The summed E-state index contributed by atoms with van der Waals surface area (Å²) < 4.78 is 5.02. The van der Waals surface area contributed by atoms with E-state index >= 15 is 0 Å². The topological polar surface area (TPSA) is 24.5 Å². The zero-order chi connectivity index (χ0) is 12.5. The third-order valence-corrected chi connectivity index (χ3v) is 3.64. The molecule has 0 saturated heterocycles. The van der Waals surface area contributed by atoms with Crippen LogP contribution in [0.3, 0.4) is 0 Å². The number of nitrogens with one attached hydrogen (secondary N) is 1. The summed E-state index contributed by atoms with van der Waals surface area (Å²) in [6, 6.07) is 2.75. The van der Waals surface area contributed by atoms with E-state index in [1.165, 1.54) is 5.56 Å². The largest absolute Gasteiger partial charge is 0.385 e. The summed E-state index contributed by atoms with van der Waals surface area (Å²) in [5, 5.41) is 7.81. The Morgan fingerprint density at radius 3 is 3.00 bits per heavy atom. The third kappa shape index (κ3) is 6.17. The molecule has 3 nitrogen and oxygen atoms in total. The van der Waals surface area contributed by atoms with Gasteiger partial charge in [0.2, 0.25) is 0 Å². The molecule has 0 radical (unpaired) electrons. The van der Waals surface area contributed by atoms with Gasteiger partial charge in [-0.1, -0.05) is 0 Å². The lowest BCUT2D eigenvalue weighted by molar-refractivity contribution is 0.191. The maximum Gasteiger partial charge on any atom is 0.0474 e. The molecule has 0 spiro atoms. The number of likely N-dealkylation sites (N-methyl/N-ethyl adjacent to an activating group) is 1. The van der Waals surface area contributed by atoms with Crippen molar-refractivity contribution in [3.8, 4) is 0 Å². The Morgan fingerprint density at radius 2 is 2.35 bits per heavy atom. The molecule has 1 unspecified atom stereocenters. The van der Waals surface area contributed by atoms with Crippen LogP contribution in [0.15, 0.2) is 16.8 Å². The van der Waals surface area contributed by atoms with Gasteiger partial charge in [-0.2, -0.15) is 11.3 Å². The van der Waals surface area contributed by atoms with Gasteiger partial charge in [0.1, 0.15) is 0 Å². The number of hydrogen-bond acceptors (Lipinski definition) is 4. The molecule has 0 amide bonds. The van der Waals surface area contributed by atoms with E-state index in [0.29, 0.717) is 6.04 Å². The number of nitrogens with zero attached hydrogens (tertiary/aromatic N) is 1. The lowest BCUT2D eigenvalue weighted by atomic mass is 10.2. The van der Waals surface area contributed by atoms with E-state index in [2.05, 4.69) is 41.0 Å². The first-order valence-electron chi connectivity index (χ1n) is 6.15. The van der Waals surface area contributed by atoms with Crippen molar-refractivity contribution in [2.45, 2.75) is 25.9 Å². The van der Waals surface area contributed by atoms with Crippen molar-refractivity contribution in [1.82, 2.24) is 10.2 Å². The van der Waals surface area contributed by atoms with Crippen LogP contribution < -0.4 is 5.32 Å². The first-order valence-corrected chi connectivity index (χ1v) is 7.09. The fraction of sp³-hybridized carbons (Fsp3) is 0.692. The van der Waals surface area contributed by atoms with Crippen molar-refractivity contribution in [2.75, 3.05) is 33.9 Å². The number of thiophene rings is 1. The highest BCUT2D eigenvalue weighted by atomic mass is 32.1. The number of hydrogen-bond donors (Lipinski definition) is 1. The smallest absolute Gasteiger partial charge is 0.0474 e. The lowest BCUT2D eigenvalue weighted by Gasteiger charge is -2.24. The first-order chi connectivity index (χ1) is 8.24. The van der Waals surface area contributed by atoms with Crippen LogP contribution in [0, 0.1) is 0 Å². The second-order valence-corrected chi connectivity index (χ2v) is 5.23. The predicted molar refractivity (Wildman–Crippen MR) is 74.6 cm³/mol. The number of ether oxygens (including phenoxy) is 1. The van der Waals surface area contributed by atoms with Gasteiger partial charge in [0.15, 0.2) is 0 Å². The molecule has 4 heteroatoms. The van der Waals surface area contributed by atoms with Crippen molar-refractivity contribution in [3.63, 3.8) is 0 Å². The summed E-state index contributed by atoms with van der Waals surface area (Å²) >= 11 is 1.76. The van der Waals surface area contributed by atoms with Gasteiger partial charge in [0, 0.05) is 32.8 Å². The van der Waals surface area contributed by atoms with Crippen molar-refractivity contribution >= 4 is 11.3 Å². The Morgan fingerprint density at radius 1 is 1.53 bits per heavy atom. The van der Waals surface area contributed by atoms with Crippen LogP contribution in [0.5, 0.6) is 0 Å². The molecular formula is C13H24N2OS. The van der Waals surface area contributed by atoms with Crippen molar-refractivity contribution < 1.29 is 4.74 Å². The minimum atomic E-state index is 0.553. The molecule has 1 heterocycles. The Balaban J connectivity index is 2.11. The van der Waals surface area contributed by atoms with E-state index in [0.717, 1.165) is 32.7 Å². The Hall–Kier alpha value is -0.420. The predicted octanol–water partition coefficient (Wildman–Crippen LogP) is 2.19. The summed E-state index contributed by atoms with van der Waals surface area (Å²) in [6.07, 6.45) is 1.08. The monoisotopic (exact) mass is 256 g/mol. The van der Waals surface area contributed by atoms with E-state index in [1.54, 1.807) is 18.4 Å². The Labute approximate surface area is 109 Å². The molecule has 0 fully saturated rings. The van der Waals surface area contributed by atoms with E-state index in [9.17, 15) is 0 Å². The van der Waals surface area contributed by atoms with Gasteiger partial charge in [-0.05, 0) is 49.3 Å². The van der Waals surface area contributed by atoms with Crippen LogP contribution in [-0.2, 0) is 11.3 Å². The first kappa shape index (κ1) is 14.6. The van der Waals surface area contributed by atoms with Gasteiger partial charge in [-0.15, -0.1) is 0 Å². The molecule has 0 aliphatic carbocycles. The standard InChI is InChI=1S/C13H24N2OS/c1-12(9-14-6-4-7-16-3)15(2)10-13-5-8-17-11-13/h5,8,11-12,14H,4,6-7,9-10H2,1-3H3. The highest BCUT2D eigenvalue weighted by Crippen LogP contribution is 2.09. The van der Waals surface area contributed by atoms with Gasteiger partial charge in [-0.3, -0.25) is 4.90 Å². The fourth-order valence-electron chi connectivity index (χ4n) is 1.63. The number of rotatable bonds is 9. The summed E-state index contributed by atoms with van der Waals surface area (Å²) in [5.41, 5.74) is 1.41. The SMILES string of the molecule is COCCCNCC(C)N(C)Cc1ccsc1. The summed E-state index contributed by atoms with van der Waals surface area (Å²) in [7, 11) is 3.93. The minimum absolute atomic E-state index is 0.553. The van der Waals surface area contributed by atoms with Crippen molar-refractivity contribution in [2.24, 2.45) is 0 Å². The molecule has 1 atom stereocenters.